The van der Waals surface area contributed by atoms with Crippen LogP contribution in [0.5, 0.6) is 0 Å². The van der Waals surface area contributed by atoms with E-state index in [-0.39, 0.29) is 5.78 Å². The van der Waals surface area contributed by atoms with Crippen LogP contribution in [0.1, 0.15) is 23.7 Å². The van der Waals surface area contributed by atoms with E-state index < -0.39 is 6.67 Å². The van der Waals surface area contributed by atoms with E-state index in [1.807, 2.05) is 16.7 Å². The number of benzene rings is 1. The van der Waals surface area contributed by atoms with Crippen LogP contribution in [-0.2, 0) is 6.54 Å². The second-order valence-electron chi connectivity index (χ2n) is 5.05. The average molecular weight is 286 g/mol. The van der Waals surface area contributed by atoms with Gasteiger partial charge in [0.15, 0.2) is 12.0 Å². The summed E-state index contributed by atoms with van der Waals surface area (Å²) < 4.78 is 15.2. The van der Waals surface area contributed by atoms with Crippen LogP contribution >= 0.6 is 0 Å². The number of nitrogens with zero attached hydrogens (tertiary/aromatic N) is 2. The molecule has 1 aromatic carbocycles. The van der Waals surface area contributed by atoms with Crippen molar-refractivity contribution in [3.63, 3.8) is 0 Å². The summed E-state index contributed by atoms with van der Waals surface area (Å²) in [6, 6.07) is 8.82. The number of hydrogen-bond donors (Lipinski definition) is 0. The second kappa shape index (κ2) is 5.16. The molecule has 3 aromatic rings. The van der Waals surface area contributed by atoms with E-state index in [4.69, 9.17) is 0 Å². The number of fused-ring (bicyclic) bond motifs is 3. The molecule has 0 saturated carbocycles. The Hall–Kier alpha value is -2.43. The summed E-state index contributed by atoms with van der Waals surface area (Å²) in [5.41, 5.74) is 2.70. The highest BCUT2D eigenvalue weighted by molar-refractivity contribution is 6.07. The minimum Gasteiger partial charge on any atom is -0.618 e. The number of pyridine rings is 1. The number of hydrogen-bond acceptors (Lipinski definition) is 2. The molecule has 0 bridgehead atoms. The molecule has 0 N–H and O–H groups in total. The van der Waals surface area contributed by atoms with Crippen LogP contribution < -0.4 is 4.73 Å². The minimum absolute atomic E-state index is 0.0464. The maximum Gasteiger partial charge on any atom is 0.249 e. The quantitative estimate of drug-likeness (QED) is 0.420. The number of alkyl halides is 1. The fourth-order valence-corrected chi connectivity index (χ4v) is 2.72. The molecular formula is C16H15FN2O2. The molecule has 0 saturated heterocycles. The first kappa shape index (κ1) is 13.5. The van der Waals surface area contributed by atoms with Crippen LogP contribution in [0.25, 0.3) is 21.9 Å². The maximum absolute atomic E-state index is 12.5. The normalized spacial score (nSPS) is 11.3. The summed E-state index contributed by atoms with van der Waals surface area (Å²) in [6.07, 6.45) is 1.82. The molecule has 0 amide bonds. The fourth-order valence-electron chi connectivity index (χ4n) is 2.72. The van der Waals surface area contributed by atoms with Crippen LogP contribution in [0.15, 0.2) is 36.5 Å². The Bertz CT molecular complexity index is 839. The third kappa shape index (κ3) is 2.14. The number of aryl methyl sites for hydroxylation is 1. The van der Waals surface area contributed by atoms with Crippen molar-refractivity contribution in [2.45, 2.75) is 19.9 Å². The van der Waals surface area contributed by atoms with Crippen LogP contribution in [-0.4, -0.2) is 17.0 Å². The number of carbonyl (C=O) groups excluding carboxylic acids is 1. The lowest BCUT2D eigenvalue weighted by atomic mass is 10.1. The number of aromatic nitrogens is 2. The van der Waals surface area contributed by atoms with E-state index in [1.54, 1.807) is 18.2 Å². The second-order valence-corrected chi connectivity index (χ2v) is 5.05. The Balaban J connectivity index is 2.38. The molecule has 2 aromatic heterocycles. The SMILES string of the molecule is CC(=O)c1ccc2c(c1)c1c(ccc[n+]1[O-])n2CCCF. The minimum atomic E-state index is -0.406. The van der Waals surface area contributed by atoms with Crippen LogP contribution in [0.2, 0.25) is 0 Å². The van der Waals surface area contributed by atoms with Gasteiger partial charge in [0.1, 0.15) is 5.52 Å². The molecule has 0 unspecified atom stereocenters. The van der Waals surface area contributed by atoms with Crippen molar-refractivity contribution >= 4 is 27.7 Å². The van der Waals surface area contributed by atoms with Gasteiger partial charge < -0.3 is 9.77 Å². The van der Waals surface area contributed by atoms with Crippen molar-refractivity contribution in [3.8, 4) is 0 Å². The van der Waals surface area contributed by atoms with Gasteiger partial charge in [-0.05, 0) is 37.6 Å². The topological polar surface area (TPSA) is 48.9 Å². The summed E-state index contributed by atoms with van der Waals surface area (Å²) in [4.78, 5) is 11.5. The first-order valence-corrected chi connectivity index (χ1v) is 6.84. The van der Waals surface area contributed by atoms with Crippen molar-refractivity contribution in [3.05, 3.63) is 47.3 Å². The van der Waals surface area contributed by atoms with Gasteiger partial charge in [-0.1, -0.05) is 0 Å². The van der Waals surface area contributed by atoms with Gasteiger partial charge in [0, 0.05) is 18.2 Å². The molecule has 3 rings (SSSR count). The van der Waals surface area contributed by atoms with Crippen LogP contribution in [0.4, 0.5) is 4.39 Å². The standard InChI is InChI=1S/C16H15FN2O2/c1-11(20)12-5-6-14-13(10-12)16-15(4-2-9-19(16)21)18(14)8-3-7-17/h2,4-6,9-10H,3,7-8H2,1H3. The zero-order valence-electron chi connectivity index (χ0n) is 11.7. The van der Waals surface area contributed by atoms with Crippen molar-refractivity contribution in [2.75, 3.05) is 6.67 Å². The molecular weight excluding hydrogens is 271 g/mol. The van der Waals surface area contributed by atoms with Gasteiger partial charge in [0.25, 0.3) is 0 Å². The highest BCUT2D eigenvalue weighted by atomic mass is 19.1. The van der Waals surface area contributed by atoms with Crippen LogP contribution in [0, 0.1) is 5.21 Å². The summed E-state index contributed by atoms with van der Waals surface area (Å²) in [6.45, 7) is 1.59. The molecule has 108 valence electrons. The molecule has 21 heavy (non-hydrogen) atoms. The summed E-state index contributed by atoms with van der Waals surface area (Å²) in [5, 5.41) is 12.8. The molecule has 0 spiro atoms. The van der Waals surface area contributed by atoms with Crippen LogP contribution in [0.3, 0.4) is 0 Å². The third-order valence-corrected chi connectivity index (χ3v) is 3.69. The van der Waals surface area contributed by atoms with E-state index in [9.17, 15) is 14.4 Å². The number of halogens is 1. The number of rotatable bonds is 4. The van der Waals surface area contributed by atoms with Crippen molar-refractivity contribution in [1.29, 1.82) is 0 Å². The lowest BCUT2D eigenvalue weighted by Gasteiger charge is -2.04. The first-order valence-electron chi connectivity index (χ1n) is 6.84. The van der Waals surface area contributed by atoms with Gasteiger partial charge in [-0.15, -0.1) is 0 Å². The smallest absolute Gasteiger partial charge is 0.249 e. The van der Waals surface area contributed by atoms with Crippen molar-refractivity contribution in [2.24, 2.45) is 0 Å². The Morgan fingerprint density at radius 2 is 2.14 bits per heavy atom. The Morgan fingerprint density at radius 3 is 2.86 bits per heavy atom. The zero-order chi connectivity index (χ0) is 15.0. The zero-order valence-corrected chi connectivity index (χ0v) is 11.7. The molecule has 0 radical (unpaired) electrons. The number of carbonyl (C=O) groups is 1. The Labute approximate surface area is 121 Å². The Morgan fingerprint density at radius 1 is 1.33 bits per heavy atom. The van der Waals surface area contributed by atoms with Gasteiger partial charge >= 0.3 is 0 Å². The van der Waals surface area contributed by atoms with Crippen molar-refractivity contribution in [1.82, 2.24) is 4.57 Å². The molecule has 2 heterocycles. The van der Waals surface area contributed by atoms with Gasteiger partial charge in [-0.3, -0.25) is 9.18 Å². The molecule has 5 heteroatoms. The van der Waals surface area contributed by atoms with E-state index >= 15 is 0 Å². The third-order valence-electron chi connectivity index (χ3n) is 3.69. The molecule has 0 aliphatic carbocycles. The summed E-state index contributed by atoms with van der Waals surface area (Å²) in [7, 11) is 0. The lowest BCUT2D eigenvalue weighted by Crippen LogP contribution is -2.25. The monoisotopic (exact) mass is 286 g/mol. The lowest BCUT2D eigenvalue weighted by molar-refractivity contribution is -0.576. The highest BCUT2D eigenvalue weighted by Gasteiger charge is 2.18. The number of Topliss-reactive ketones (excluding diaryl/α,β-unsaturated/α-hetero) is 1. The molecule has 0 aliphatic heterocycles. The molecule has 0 atom stereocenters. The molecule has 0 aliphatic rings. The summed E-state index contributed by atoms with van der Waals surface area (Å²) >= 11 is 0. The van der Waals surface area contributed by atoms with Crippen molar-refractivity contribution < 1.29 is 13.9 Å². The van der Waals surface area contributed by atoms with E-state index in [0.29, 0.717) is 24.0 Å². The van der Waals surface area contributed by atoms with Gasteiger partial charge in [0.05, 0.1) is 17.6 Å². The van der Waals surface area contributed by atoms with E-state index in [2.05, 4.69) is 0 Å². The Kier molecular flexibility index (Phi) is 3.33. The van der Waals surface area contributed by atoms with Gasteiger partial charge in [0.2, 0.25) is 5.52 Å². The average Bonchev–Trinajstić information content (AvgIpc) is 2.79. The largest absolute Gasteiger partial charge is 0.618 e. The highest BCUT2D eigenvalue weighted by Crippen LogP contribution is 2.27. The predicted octanol–water partition coefficient (Wildman–Crippen LogP) is 2.99. The van der Waals surface area contributed by atoms with Gasteiger partial charge in [-0.2, -0.15) is 4.73 Å². The fraction of sp³-hybridized carbons (Fsp3) is 0.250. The predicted molar refractivity (Wildman–Crippen MR) is 79.0 cm³/mol. The summed E-state index contributed by atoms with van der Waals surface area (Å²) in [5.74, 6) is -0.0464. The molecule has 4 nitrogen and oxygen atoms in total. The number of ketones is 1. The van der Waals surface area contributed by atoms with E-state index in [1.165, 1.54) is 13.1 Å². The van der Waals surface area contributed by atoms with E-state index in [0.717, 1.165) is 21.2 Å². The molecule has 0 fully saturated rings. The first-order chi connectivity index (χ1) is 10.1. The maximum atomic E-state index is 12.5. The van der Waals surface area contributed by atoms with Gasteiger partial charge in [-0.25, -0.2) is 0 Å².